The highest BCUT2D eigenvalue weighted by Crippen LogP contribution is 2.55. The van der Waals surface area contributed by atoms with Crippen LogP contribution in [0.3, 0.4) is 0 Å². The molecule has 104 valence electrons. The minimum absolute atomic E-state index is 0.190. The van der Waals surface area contributed by atoms with Gasteiger partial charge in [-0.05, 0) is 53.8 Å². The van der Waals surface area contributed by atoms with E-state index in [1.165, 1.54) is 23.1 Å². The molecule has 1 heterocycles. The molecule has 0 bridgehead atoms. The minimum Gasteiger partial charge on any atom is -0.496 e. The van der Waals surface area contributed by atoms with E-state index in [9.17, 15) is 0 Å². The summed E-state index contributed by atoms with van der Waals surface area (Å²) < 4.78 is 5.69. The molecule has 2 nitrogen and oxygen atoms in total. The molecule has 1 fully saturated rings. The zero-order chi connectivity index (χ0) is 13.8. The molecule has 1 aliphatic carbocycles. The highest BCUT2D eigenvalue weighted by Gasteiger charge is 2.54. The van der Waals surface area contributed by atoms with Gasteiger partial charge in [0.25, 0.3) is 0 Å². The molecule has 2 heteroatoms. The molecular formula is C17H25NO. The number of nitrogens with one attached hydrogen (secondary N) is 1. The van der Waals surface area contributed by atoms with Gasteiger partial charge in [0.1, 0.15) is 5.75 Å². The SMILES string of the molecule is COc1c(C)ccc2c1C[C@@H]1NCC[C@@]1(C)C2(C)C. The Morgan fingerprint density at radius 1 is 1.26 bits per heavy atom. The van der Waals surface area contributed by atoms with Gasteiger partial charge in [-0.15, -0.1) is 0 Å². The Labute approximate surface area is 116 Å². The molecule has 0 radical (unpaired) electrons. The summed E-state index contributed by atoms with van der Waals surface area (Å²) >= 11 is 0. The van der Waals surface area contributed by atoms with Gasteiger partial charge >= 0.3 is 0 Å². The number of benzene rings is 1. The van der Waals surface area contributed by atoms with Crippen molar-refractivity contribution < 1.29 is 4.74 Å². The maximum absolute atomic E-state index is 5.69. The summed E-state index contributed by atoms with van der Waals surface area (Å²) in [6.45, 7) is 10.5. The van der Waals surface area contributed by atoms with E-state index in [1.54, 1.807) is 7.11 Å². The zero-order valence-electron chi connectivity index (χ0n) is 12.8. The molecule has 1 aromatic rings. The van der Waals surface area contributed by atoms with Crippen LogP contribution in [0.4, 0.5) is 0 Å². The Morgan fingerprint density at radius 2 is 2.00 bits per heavy atom. The van der Waals surface area contributed by atoms with Crippen LogP contribution in [0.2, 0.25) is 0 Å². The summed E-state index contributed by atoms with van der Waals surface area (Å²) in [5.74, 6) is 1.10. The topological polar surface area (TPSA) is 21.3 Å². The van der Waals surface area contributed by atoms with Crippen LogP contribution in [0, 0.1) is 12.3 Å². The third-order valence-electron chi connectivity index (χ3n) is 5.98. The molecule has 0 unspecified atom stereocenters. The molecule has 0 spiro atoms. The van der Waals surface area contributed by atoms with Crippen molar-refractivity contribution in [1.82, 2.24) is 5.32 Å². The van der Waals surface area contributed by atoms with E-state index in [4.69, 9.17) is 4.74 Å². The first-order valence-corrected chi connectivity index (χ1v) is 7.32. The van der Waals surface area contributed by atoms with Gasteiger partial charge in [0.05, 0.1) is 7.11 Å². The predicted octanol–water partition coefficient (Wildman–Crippen LogP) is 3.21. The number of methoxy groups -OCH3 is 1. The first kappa shape index (κ1) is 13.0. The average Bonchev–Trinajstić information content (AvgIpc) is 2.73. The van der Waals surface area contributed by atoms with E-state index in [2.05, 4.69) is 45.1 Å². The Bertz CT molecular complexity index is 520. The normalized spacial score (nSPS) is 31.7. The fraction of sp³-hybridized carbons (Fsp3) is 0.647. The third kappa shape index (κ3) is 1.53. The van der Waals surface area contributed by atoms with Crippen LogP contribution in [-0.2, 0) is 11.8 Å². The zero-order valence-corrected chi connectivity index (χ0v) is 12.8. The van der Waals surface area contributed by atoms with Crippen LogP contribution < -0.4 is 10.1 Å². The Morgan fingerprint density at radius 3 is 2.68 bits per heavy atom. The van der Waals surface area contributed by atoms with Crippen molar-refractivity contribution in [3.8, 4) is 5.75 Å². The quantitative estimate of drug-likeness (QED) is 0.836. The summed E-state index contributed by atoms with van der Waals surface area (Å²) in [6, 6.07) is 5.11. The highest BCUT2D eigenvalue weighted by atomic mass is 16.5. The van der Waals surface area contributed by atoms with Gasteiger partial charge in [-0.25, -0.2) is 0 Å². The van der Waals surface area contributed by atoms with E-state index in [1.807, 2.05) is 0 Å². The number of hydrogen-bond donors (Lipinski definition) is 1. The van der Waals surface area contributed by atoms with E-state index in [0.29, 0.717) is 11.5 Å². The first-order valence-electron chi connectivity index (χ1n) is 7.32. The third-order valence-corrected chi connectivity index (χ3v) is 5.98. The van der Waals surface area contributed by atoms with Crippen molar-refractivity contribution >= 4 is 0 Å². The van der Waals surface area contributed by atoms with Gasteiger partial charge in [-0.2, -0.15) is 0 Å². The molecule has 19 heavy (non-hydrogen) atoms. The van der Waals surface area contributed by atoms with Crippen molar-refractivity contribution in [3.05, 3.63) is 28.8 Å². The van der Waals surface area contributed by atoms with Crippen LogP contribution in [0.25, 0.3) is 0 Å². The summed E-state index contributed by atoms with van der Waals surface area (Å²) in [4.78, 5) is 0. The molecule has 1 N–H and O–H groups in total. The van der Waals surface area contributed by atoms with Crippen molar-refractivity contribution in [1.29, 1.82) is 0 Å². The fourth-order valence-corrected chi connectivity index (χ4v) is 4.28. The van der Waals surface area contributed by atoms with Crippen LogP contribution >= 0.6 is 0 Å². The lowest BCUT2D eigenvalue weighted by atomic mass is 9.54. The second-order valence-electron chi connectivity index (χ2n) is 6.95. The van der Waals surface area contributed by atoms with Crippen molar-refractivity contribution in [2.75, 3.05) is 13.7 Å². The summed E-state index contributed by atoms with van der Waals surface area (Å²) in [7, 11) is 1.80. The maximum Gasteiger partial charge on any atom is 0.125 e. The van der Waals surface area contributed by atoms with E-state index in [-0.39, 0.29) is 5.41 Å². The van der Waals surface area contributed by atoms with Gasteiger partial charge in [-0.3, -0.25) is 0 Å². The van der Waals surface area contributed by atoms with Crippen LogP contribution in [0.15, 0.2) is 12.1 Å². The maximum atomic E-state index is 5.69. The monoisotopic (exact) mass is 259 g/mol. The molecule has 2 atom stereocenters. The first-order chi connectivity index (χ1) is 8.91. The Balaban J connectivity index is 2.23. The van der Waals surface area contributed by atoms with Gasteiger partial charge in [-0.1, -0.05) is 32.9 Å². The lowest BCUT2D eigenvalue weighted by Gasteiger charge is -2.51. The largest absolute Gasteiger partial charge is 0.496 e. The van der Waals surface area contributed by atoms with Crippen LogP contribution in [0.5, 0.6) is 5.75 Å². The molecule has 3 rings (SSSR count). The summed E-state index contributed by atoms with van der Waals surface area (Å²) in [5.41, 5.74) is 4.69. The second kappa shape index (κ2) is 3.99. The van der Waals surface area contributed by atoms with E-state index >= 15 is 0 Å². The molecular weight excluding hydrogens is 234 g/mol. The predicted molar refractivity (Wildman–Crippen MR) is 79.0 cm³/mol. The molecule has 0 aromatic heterocycles. The molecule has 0 saturated carbocycles. The number of ether oxygens (including phenoxy) is 1. The molecule has 1 aromatic carbocycles. The number of hydrogen-bond acceptors (Lipinski definition) is 2. The van der Waals surface area contributed by atoms with Crippen LogP contribution in [-0.4, -0.2) is 19.7 Å². The second-order valence-corrected chi connectivity index (χ2v) is 6.95. The van der Waals surface area contributed by atoms with Crippen molar-refractivity contribution in [2.45, 2.75) is 52.0 Å². The number of rotatable bonds is 1. The minimum atomic E-state index is 0.190. The van der Waals surface area contributed by atoms with Crippen LogP contribution in [0.1, 0.15) is 43.9 Å². The van der Waals surface area contributed by atoms with Gasteiger partial charge in [0.2, 0.25) is 0 Å². The lowest BCUT2D eigenvalue weighted by Crippen LogP contribution is -2.52. The fourth-order valence-electron chi connectivity index (χ4n) is 4.28. The number of aryl methyl sites for hydroxylation is 1. The molecule has 2 aliphatic rings. The van der Waals surface area contributed by atoms with E-state index in [0.717, 1.165) is 18.7 Å². The lowest BCUT2D eigenvalue weighted by molar-refractivity contribution is 0.129. The average molecular weight is 259 g/mol. The summed E-state index contributed by atoms with van der Waals surface area (Å²) in [6.07, 6.45) is 2.36. The van der Waals surface area contributed by atoms with Crippen molar-refractivity contribution in [3.63, 3.8) is 0 Å². The van der Waals surface area contributed by atoms with Gasteiger partial charge in [0, 0.05) is 6.04 Å². The molecule has 1 saturated heterocycles. The standard InChI is InChI=1S/C17H25NO/c1-11-6-7-13-12(15(11)19-5)10-14-17(4,8-9-18-14)16(13,2)3/h6-7,14,18H,8-10H2,1-5H3/t14-,17+/m0/s1. The Kier molecular flexibility index (Phi) is 2.72. The number of fused-ring (bicyclic) bond motifs is 2. The van der Waals surface area contributed by atoms with Gasteiger partial charge in [0.15, 0.2) is 0 Å². The highest BCUT2D eigenvalue weighted by molar-refractivity contribution is 5.52. The molecule has 0 amide bonds. The molecule has 1 aliphatic heterocycles. The smallest absolute Gasteiger partial charge is 0.125 e. The van der Waals surface area contributed by atoms with Gasteiger partial charge < -0.3 is 10.1 Å². The van der Waals surface area contributed by atoms with Crippen molar-refractivity contribution in [2.24, 2.45) is 5.41 Å². The summed E-state index contributed by atoms with van der Waals surface area (Å²) in [5, 5.41) is 3.71. The Hall–Kier alpha value is -1.02. The van der Waals surface area contributed by atoms with E-state index < -0.39 is 0 Å².